The van der Waals surface area contributed by atoms with E-state index in [9.17, 15) is 9.59 Å². The molecule has 2 fully saturated rings. The highest BCUT2D eigenvalue weighted by atomic mass is 16.2. The van der Waals surface area contributed by atoms with Crippen LogP contribution < -0.4 is 0 Å². The maximum atomic E-state index is 12.7. The summed E-state index contributed by atoms with van der Waals surface area (Å²) in [5, 5.41) is 4.20. The highest BCUT2D eigenvalue weighted by Crippen LogP contribution is 2.24. The Labute approximate surface area is 136 Å². The van der Waals surface area contributed by atoms with E-state index in [0.717, 1.165) is 45.2 Å². The summed E-state index contributed by atoms with van der Waals surface area (Å²) in [5.41, 5.74) is 0. The zero-order valence-electron chi connectivity index (χ0n) is 13.7. The normalized spacial score (nSPS) is 25.4. The molecule has 2 saturated heterocycles. The summed E-state index contributed by atoms with van der Waals surface area (Å²) >= 11 is 0. The summed E-state index contributed by atoms with van der Waals surface area (Å²) in [5.74, 6) is 0.245. The first-order valence-corrected chi connectivity index (χ1v) is 8.54. The van der Waals surface area contributed by atoms with Gasteiger partial charge < -0.3 is 9.80 Å². The molecular formula is C16H25N5O2. The lowest BCUT2D eigenvalue weighted by atomic mass is 9.97. The van der Waals surface area contributed by atoms with Gasteiger partial charge in [-0.3, -0.25) is 9.59 Å². The minimum absolute atomic E-state index is 0.0699. The Morgan fingerprint density at radius 1 is 1.17 bits per heavy atom. The van der Waals surface area contributed by atoms with E-state index in [1.54, 1.807) is 13.3 Å². The van der Waals surface area contributed by atoms with Crippen LogP contribution in [0.2, 0.25) is 0 Å². The monoisotopic (exact) mass is 319 g/mol. The van der Waals surface area contributed by atoms with Crippen LogP contribution in [0.3, 0.4) is 0 Å². The van der Waals surface area contributed by atoms with Gasteiger partial charge in [-0.25, -0.2) is 9.67 Å². The summed E-state index contributed by atoms with van der Waals surface area (Å²) in [6.45, 7) is 3.88. The fraction of sp³-hybridized carbons (Fsp3) is 0.750. The molecule has 126 valence electrons. The van der Waals surface area contributed by atoms with Crippen molar-refractivity contribution >= 4 is 11.8 Å². The molecule has 2 amide bonds. The molecule has 0 aromatic carbocycles. The van der Waals surface area contributed by atoms with Gasteiger partial charge in [-0.1, -0.05) is 0 Å². The minimum Gasteiger partial charge on any atom is -0.340 e. The molecule has 2 aliphatic rings. The minimum atomic E-state index is 0.0699. The third kappa shape index (κ3) is 3.71. The number of carbonyl (C=O) groups is 2. The van der Waals surface area contributed by atoms with Crippen molar-refractivity contribution in [2.24, 2.45) is 0 Å². The quantitative estimate of drug-likeness (QED) is 0.840. The van der Waals surface area contributed by atoms with E-state index < -0.39 is 0 Å². The highest BCUT2D eigenvalue weighted by Gasteiger charge is 2.30. The van der Waals surface area contributed by atoms with Gasteiger partial charge in [0, 0.05) is 39.0 Å². The Morgan fingerprint density at radius 3 is 2.78 bits per heavy atom. The maximum Gasteiger partial charge on any atom is 0.224 e. The lowest BCUT2D eigenvalue weighted by molar-refractivity contribution is -0.138. The van der Waals surface area contributed by atoms with Crippen LogP contribution in [-0.2, 0) is 9.59 Å². The van der Waals surface area contributed by atoms with Crippen LogP contribution >= 0.6 is 0 Å². The number of amides is 2. The van der Waals surface area contributed by atoms with Crippen LogP contribution in [0.5, 0.6) is 0 Å². The molecule has 0 radical (unpaired) electrons. The van der Waals surface area contributed by atoms with Crippen LogP contribution in [0.25, 0.3) is 0 Å². The Bertz CT molecular complexity index is 545. The average Bonchev–Trinajstić information content (AvgIpc) is 3.10. The number of piperidine rings is 2. The number of nitrogens with zero attached hydrogens (tertiary/aromatic N) is 5. The molecule has 1 aromatic rings. The first-order chi connectivity index (χ1) is 11.1. The summed E-state index contributed by atoms with van der Waals surface area (Å²) < 4.78 is 1.85. The second-order valence-electron chi connectivity index (χ2n) is 6.58. The van der Waals surface area contributed by atoms with Crippen LogP contribution in [0, 0.1) is 0 Å². The lowest BCUT2D eigenvalue weighted by Crippen LogP contribution is -2.47. The van der Waals surface area contributed by atoms with Crippen LogP contribution in [0.15, 0.2) is 12.7 Å². The van der Waals surface area contributed by atoms with Crippen molar-refractivity contribution in [3.05, 3.63) is 12.7 Å². The predicted molar refractivity (Wildman–Crippen MR) is 84.5 cm³/mol. The summed E-state index contributed by atoms with van der Waals surface area (Å²) in [7, 11) is 0. The smallest absolute Gasteiger partial charge is 0.224 e. The topological polar surface area (TPSA) is 71.3 Å². The third-order valence-corrected chi connectivity index (χ3v) is 5.00. The lowest BCUT2D eigenvalue weighted by Gasteiger charge is -2.37. The largest absolute Gasteiger partial charge is 0.340 e. The van der Waals surface area contributed by atoms with E-state index in [-0.39, 0.29) is 23.9 Å². The molecule has 0 bridgehead atoms. The zero-order valence-corrected chi connectivity index (χ0v) is 13.7. The van der Waals surface area contributed by atoms with Gasteiger partial charge in [-0.05, 0) is 32.1 Å². The molecule has 0 aliphatic carbocycles. The number of rotatable bonds is 3. The van der Waals surface area contributed by atoms with E-state index in [1.165, 1.54) is 6.33 Å². The highest BCUT2D eigenvalue weighted by molar-refractivity contribution is 5.79. The molecule has 7 nitrogen and oxygen atoms in total. The first kappa shape index (κ1) is 16.0. The van der Waals surface area contributed by atoms with Gasteiger partial charge in [0.2, 0.25) is 11.8 Å². The molecule has 0 N–H and O–H groups in total. The van der Waals surface area contributed by atoms with Crippen molar-refractivity contribution in [1.29, 1.82) is 0 Å². The molecular weight excluding hydrogens is 294 g/mol. The molecule has 3 heterocycles. The van der Waals surface area contributed by atoms with Crippen molar-refractivity contribution in [2.75, 3.05) is 19.6 Å². The Hall–Kier alpha value is -1.92. The number of likely N-dealkylation sites (tertiary alicyclic amines) is 2. The third-order valence-electron chi connectivity index (χ3n) is 5.00. The Kier molecular flexibility index (Phi) is 4.93. The van der Waals surface area contributed by atoms with Gasteiger partial charge in [0.1, 0.15) is 12.7 Å². The summed E-state index contributed by atoms with van der Waals surface area (Å²) in [6, 6.07) is 0.283. The van der Waals surface area contributed by atoms with Crippen molar-refractivity contribution in [2.45, 2.75) is 57.5 Å². The molecule has 23 heavy (non-hydrogen) atoms. The van der Waals surface area contributed by atoms with Crippen molar-refractivity contribution in [1.82, 2.24) is 24.6 Å². The van der Waals surface area contributed by atoms with Gasteiger partial charge in [-0.2, -0.15) is 5.10 Å². The van der Waals surface area contributed by atoms with E-state index in [4.69, 9.17) is 0 Å². The van der Waals surface area contributed by atoms with Gasteiger partial charge in [-0.15, -0.1) is 0 Å². The van der Waals surface area contributed by atoms with Crippen molar-refractivity contribution < 1.29 is 9.59 Å². The molecule has 2 unspecified atom stereocenters. The Balaban J connectivity index is 1.60. The molecule has 2 atom stereocenters. The zero-order chi connectivity index (χ0) is 16.2. The molecule has 7 heteroatoms. The first-order valence-electron chi connectivity index (χ1n) is 8.54. The molecule has 0 spiro atoms. The fourth-order valence-corrected chi connectivity index (χ4v) is 3.76. The SMILES string of the molecule is CC(=O)N1CCCCC1CC(=O)N1CCCC(n2cncn2)C1. The average molecular weight is 319 g/mol. The number of aromatic nitrogens is 3. The van der Waals surface area contributed by atoms with Gasteiger partial charge in [0.05, 0.1) is 6.04 Å². The van der Waals surface area contributed by atoms with E-state index in [1.807, 2.05) is 14.5 Å². The summed E-state index contributed by atoms with van der Waals surface area (Å²) in [4.78, 5) is 32.3. The molecule has 0 saturated carbocycles. The second kappa shape index (κ2) is 7.10. The fourth-order valence-electron chi connectivity index (χ4n) is 3.76. The Morgan fingerprint density at radius 2 is 2.04 bits per heavy atom. The van der Waals surface area contributed by atoms with Crippen LogP contribution in [-0.4, -0.2) is 62.1 Å². The molecule has 2 aliphatic heterocycles. The standard InChI is InChI=1S/C16H25N5O2/c1-13(22)20-8-3-2-5-14(20)9-16(23)19-7-4-6-15(10-19)21-12-17-11-18-21/h11-12,14-15H,2-10H2,1H3. The molecule has 3 rings (SSSR count). The number of hydrogen-bond acceptors (Lipinski definition) is 4. The summed E-state index contributed by atoms with van der Waals surface area (Å²) in [6.07, 6.45) is 8.79. The van der Waals surface area contributed by atoms with Gasteiger partial charge in [0.25, 0.3) is 0 Å². The van der Waals surface area contributed by atoms with E-state index >= 15 is 0 Å². The molecule has 1 aromatic heterocycles. The van der Waals surface area contributed by atoms with Crippen molar-refractivity contribution in [3.8, 4) is 0 Å². The number of carbonyl (C=O) groups excluding carboxylic acids is 2. The van der Waals surface area contributed by atoms with Crippen molar-refractivity contribution in [3.63, 3.8) is 0 Å². The number of hydrogen-bond donors (Lipinski definition) is 0. The van der Waals surface area contributed by atoms with E-state index in [2.05, 4.69) is 10.1 Å². The van der Waals surface area contributed by atoms with Gasteiger partial charge >= 0.3 is 0 Å². The maximum absolute atomic E-state index is 12.7. The predicted octanol–water partition coefficient (Wildman–Crippen LogP) is 1.23. The van der Waals surface area contributed by atoms with Crippen LogP contribution in [0.4, 0.5) is 0 Å². The van der Waals surface area contributed by atoms with Crippen LogP contribution in [0.1, 0.15) is 51.5 Å². The van der Waals surface area contributed by atoms with E-state index in [0.29, 0.717) is 13.0 Å². The second-order valence-corrected chi connectivity index (χ2v) is 6.58. The van der Waals surface area contributed by atoms with Gasteiger partial charge in [0.15, 0.2) is 0 Å².